The Morgan fingerprint density at radius 3 is 1.84 bits per heavy atom. The van der Waals surface area contributed by atoms with Crippen LogP contribution in [0.25, 0.3) is 0 Å². The Morgan fingerprint density at radius 1 is 0.938 bits per heavy atom. The fourth-order valence-electron chi connectivity index (χ4n) is 4.33. The third kappa shape index (κ3) is 5.14. The van der Waals surface area contributed by atoms with Crippen LogP contribution in [0.3, 0.4) is 0 Å². The van der Waals surface area contributed by atoms with Crippen molar-refractivity contribution < 1.29 is 14.1 Å². The van der Waals surface area contributed by atoms with Crippen LogP contribution in [0.4, 0.5) is 0 Å². The molecule has 1 N–H and O–H groups in total. The molecular formula is C27H39O3PSi. The van der Waals surface area contributed by atoms with Gasteiger partial charge in [-0.25, -0.2) is 0 Å². The highest BCUT2D eigenvalue weighted by Crippen LogP contribution is 2.56. The van der Waals surface area contributed by atoms with E-state index in [4.69, 9.17) is 4.43 Å². The Labute approximate surface area is 195 Å². The largest absolute Gasteiger partial charge is 0.549 e. The summed E-state index contributed by atoms with van der Waals surface area (Å²) in [5.41, 5.74) is -1.56. The fraction of sp³-hybridized carbons (Fsp3) is 0.481. The van der Waals surface area contributed by atoms with E-state index in [2.05, 4.69) is 33.9 Å². The maximum absolute atomic E-state index is 15.1. The minimum Gasteiger partial charge on any atom is -0.549 e. The second-order valence-corrected chi connectivity index (χ2v) is 18.3. The van der Waals surface area contributed by atoms with Gasteiger partial charge in [-0.1, -0.05) is 101 Å². The molecule has 1 aliphatic rings. The van der Waals surface area contributed by atoms with Crippen LogP contribution in [-0.2, 0) is 8.99 Å². The fourth-order valence-corrected chi connectivity index (χ4v) is 8.52. The van der Waals surface area contributed by atoms with Crippen molar-refractivity contribution in [3.8, 4) is 0 Å². The number of hydrogen-bond donors (Lipinski definition) is 1. The van der Waals surface area contributed by atoms with Gasteiger partial charge in [0.25, 0.3) is 0 Å². The molecule has 0 bridgehead atoms. The van der Waals surface area contributed by atoms with Crippen molar-refractivity contribution in [2.24, 2.45) is 0 Å². The molecule has 2 aromatic rings. The molecule has 174 valence electrons. The summed E-state index contributed by atoms with van der Waals surface area (Å²) in [6, 6.07) is 19.4. The number of hydrogen-bond acceptors (Lipinski definition) is 3. The summed E-state index contributed by atoms with van der Waals surface area (Å²) in [5, 5.41) is 13.5. The highest BCUT2D eigenvalue weighted by atomic mass is 31.2. The second-order valence-electron chi connectivity index (χ2n) is 10.6. The van der Waals surface area contributed by atoms with Gasteiger partial charge in [-0.05, 0) is 37.0 Å². The Hall–Kier alpha value is -1.61. The normalized spacial score (nSPS) is 18.4. The number of benzene rings is 2. The third-order valence-corrected chi connectivity index (χ3v) is 15.3. The maximum atomic E-state index is 15.1. The van der Waals surface area contributed by atoms with Crippen LogP contribution in [0.15, 0.2) is 73.0 Å². The zero-order chi connectivity index (χ0) is 23.5. The first-order valence-electron chi connectivity index (χ1n) is 11.8. The zero-order valence-corrected chi connectivity index (χ0v) is 22.1. The first kappa shape index (κ1) is 25.0. The summed E-state index contributed by atoms with van der Waals surface area (Å²) in [6.07, 6.45) is 8.01. The lowest BCUT2D eigenvalue weighted by Gasteiger charge is -2.42. The minimum atomic E-state index is -3.19. The third-order valence-electron chi connectivity index (χ3n) is 7.37. The van der Waals surface area contributed by atoms with Gasteiger partial charge in [0.05, 0.1) is 17.5 Å². The standard InChI is InChI=1S/C27H39O3PSi/c1-26(2,3)32(4,5)30-22-19-25(27(28)20-13-8-14-21-27)31(29,23-15-9-6-10-16-23)24-17-11-7-12-18-24/h6-7,9-12,15-19,22,25,28H,8,13-14,20-21H2,1-5H3/b22-19+. The molecule has 3 nitrogen and oxygen atoms in total. The molecule has 0 saturated heterocycles. The van der Waals surface area contributed by atoms with Crippen molar-refractivity contribution in [2.45, 2.75) is 82.3 Å². The Balaban J connectivity index is 2.13. The van der Waals surface area contributed by atoms with E-state index in [1.165, 1.54) is 0 Å². The van der Waals surface area contributed by atoms with Gasteiger partial charge in [-0.15, -0.1) is 0 Å². The Morgan fingerprint density at radius 2 is 1.41 bits per heavy atom. The predicted octanol–water partition coefficient (Wildman–Crippen LogP) is 6.60. The van der Waals surface area contributed by atoms with Gasteiger partial charge < -0.3 is 14.1 Å². The first-order chi connectivity index (χ1) is 15.0. The molecule has 3 rings (SSSR count). The predicted molar refractivity (Wildman–Crippen MR) is 139 cm³/mol. The van der Waals surface area contributed by atoms with Crippen LogP contribution < -0.4 is 10.6 Å². The lowest BCUT2D eigenvalue weighted by molar-refractivity contribution is 0.00954. The Kier molecular flexibility index (Phi) is 7.59. The summed E-state index contributed by atoms with van der Waals surface area (Å²) >= 11 is 0. The monoisotopic (exact) mass is 470 g/mol. The van der Waals surface area contributed by atoms with Gasteiger partial charge in [0.2, 0.25) is 8.32 Å². The van der Waals surface area contributed by atoms with Crippen LogP contribution in [0.1, 0.15) is 52.9 Å². The van der Waals surface area contributed by atoms with Gasteiger partial charge in [0.15, 0.2) is 7.14 Å². The minimum absolute atomic E-state index is 0.0666. The van der Waals surface area contributed by atoms with Crippen molar-refractivity contribution in [2.75, 3.05) is 0 Å². The lowest BCUT2D eigenvalue weighted by atomic mass is 9.82. The molecule has 0 spiro atoms. The summed E-state index contributed by atoms with van der Waals surface area (Å²) < 4.78 is 21.5. The summed E-state index contributed by atoms with van der Waals surface area (Å²) in [5.74, 6) is 0. The summed E-state index contributed by atoms with van der Waals surface area (Å²) in [7, 11) is -5.21. The van der Waals surface area contributed by atoms with Crippen molar-refractivity contribution >= 4 is 26.1 Å². The van der Waals surface area contributed by atoms with Gasteiger partial charge in [0.1, 0.15) is 0 Å². The molecule has 0 heterocycles. The molecule has 1 aliphatic carbocycles. The zero-order valence-electron chi connectivity index (χ0n) is 20.3. The summed E-state index contributed by atoms with van der Waals surface area (Å²) in [6.45, 7) is 11.0. The second kappa shape index (κ2) is 9.71. The van der Waals surface area contributed by atoms with E-state index in [9.17, 15) is 5.11 Å². The average Bonchev–Trinajstić information content (AvgIpc) is 2.77. The number of rotatable bonds is 7. The van der Waals surface area contributed by atoms with Gasteiger partial charge in [-0.3, -0.25) is 0 Å². The van der Waals surface area contributed by atoms with Crippen LogP contribution in [0.2, 0.25) is 18.1 Å². The molecule has 1 atom stereocenters. The quantitative estimate of drug-likeness (QED) is 0.282. The molecule has 1 fully saturated rings. The average molecular weight is 471 g/mol. The van der Waals surface area contributed by atoms with Gasteiger partial charge in [-0.2, -0.15) is 0 Å². The molecule has 2 aromatic carbocycles. The van der Waals surface area contributed by atoms with E-state index in [-0.39, 0.29) is 5.04 Å². The van der Waals surface area contributed by atoms with Crippen molar-refractivity contribution in [1.29, 1.82) is 0 Å². The van der Waals surface area contributed by atoms with Crippen LogP contribution >= 0.6 is 7.14 Å². The lowest BCUT2D eigenvalue weighted by Crippen LogP contribution is -2.46. The van der Waals surface area contributed by atoms with E-state index in [0.717, 1.165) is 29.9 Å². The maximum Gasteiger partial charge on any atom is 0.249 e. The van der Waals surface area contributed by atoms with Crippen LogP contribution in [0, 0.1) is 0 Å². The van der Waals surface area contributed by atoms with Gasteiger partial charge >= 0.3 is 0 Å². The Bertz CT molecular complexity index is 898. The molecule has 1 unspecified atom stereocenters. The molecule has 32 heavy (non-hydrogen) atoms. The molecule has 0 aromatic heterocycles. The topological polar surface area (TPSA) is 46.5 Å². The molecule has 0 aliphatic heterocycles. The molecular weight excluding hydrogens is 431 g/mol. The van der Waals surface area contributed by atoms with E-state index in [0.29, 0.717) is 12.8 Å². The molecule has 0 radical (unpaired) electrons. The van der Waals surface area contributed by atoms with Crippen molar-refractivity contribution in [3.63, 3.8) is 0 Å². The van der Waals surface area contributed by atoms with Crippen LogP contribution in [0.5, 0.6) is 0 Å². The van der Waals surface area contributed by atoms with Crippen molar-refractivity contribution in [3.05, 3.63) is 73.0 Å². The van der Waals surface area contributed by atoms with Crippen LogP contribution in [-0.4, -0.2) is 24.7 Å². The smallest absolute Gasteiger partial charge is 0.249 e. The molecule has 5 heteroatoms. The molecule has 0 amide bonds. The van der Waals surface area contributed by atoms with Crippen molar-refractivity contribution in [1.82, 2.24) is 0 Å². The van der Waals surface area contributed by atoms with E-state index < -0.39 is 26.7 Å². The first-order valence-corrected chi connectivity index (χ1v) is 16.5. The SMILES string of the molecule is CC(C)(C)[Si](C)(C)O/C=C/C(C1(O)CCCCC1)P(=O)(c1ccccc1)c1ccccc1. The van der Waals surface area contributed by atoms with Gasteiger partial charge in [0, 0.05) is 10.6 Å². The summed E-state index contributed by atoms with van der Waals surface area (Å²) in [4.78, 5) is 0. The molecule has 1 saturated carbocycles. The number of aliphatic hydroxyl groups is 1. The van der Waals surface area contributed by atoms with E-state index in [1.54, 1.807) is 6.26 Å². The highest BCUT2D eigenvalue weighted by Gasteiger charge is 2.48. The van der Waals surface area contributed by atoms with E-state index in [1.807, 2.05) is 66.7 Å². The highest BCUT2D eigenvalue weighted by molar-refractivity contribution is 7.79. The van der Waals surface area contributed by atoms with E-state index >= 15 is 4.57 Å².